The summed E-state index contributed by atoms with van der Waals surface area (Å²) in [5.41, 5.74) is 0. The quantitative estimate of drug-likeness (QED) is 0.350. The van der Waals surface area contributed by atoms with E-state index in [1.54, 1.807) is 0 Å². The largest absolute Gasteiger partial charge is 1.00 e. The predicted molar refractivity (Wildman–Crippen MR) is 38.4 cm³/mol. The fourth-order valence-electron chi connectivity index (χ4n) is 0.667. The van der Waals surface area contributed by atoms with E-state index in [2.05, 4.69) is 4.18 Å². The van der Waals surface area contributed by atoms with Crippen molar-refractivity contribution in [2.45, 2.75) is 0 Å². The number of rotatable bonds is 2. The first-order valence-corrected chi connectivity index (χ1v) is 4.35. The molecule has 0 saturated carbocycles. The third-order valence-corrected chi connectivity index (χ3v) is 1.49. The molecule has 72 valence electrons. The third kappa shape index (κ3) is 4.69. The van der Waals surface area contributed by atoms with E-state index in [0.29, 0.717) is 6.07 Å². The van der Waals surface area contributed by atoms with Gasteiger partial charge >= 0.3 is 51.4 Å². The van der Waals surface area contributed by atoms with Gasteiger partial charge in [0.05, 0.1) is 0 Å². The zero-order chi connectivity index (χ0) is 10.1. The van der Waals surface area contributed by atoms with Crippen molar-refractivity contribution in [1.82, 2.24) is 0 Å². The second-order valence-electron chi connectivity index (χ2n) is 2.11. The molecule has 0 aliphatic carbocycles. The monoisotopic (exact) mass is 246 g/mol. The van der Waals surface area contributed by atoms with Gasteiger partial charge in [0.25, 0.3) is 10.4 Å². The number of benzene rings is 1. The van der Waals surface area contributed by atoms with Crippen LogP contribution in [0.5, 0.6) is 11.5 Å². The van der Waals surface area contributed by atoms with Gasteiger partial charge in [0, 0.05) is 6.07 Å². The van der Waals surface area contributed by atoms with Crippen molar-refractivity contribution < 1.29 is 78.0 Å². The Hall–Kier alpha value is 0.296. The van der Waals surface area contributed by atoms with Crippen LogP contribution in [0.3, 0.4) is 0 Å². The molecule has 1 aromatic carbocycles. The number of phenols is 1. The van der Waals surface area contributed by atoms with E-state index in [-0.39, 0.29) is 51.4 Å². The molecule has 1 N–H and O–H groups in total. The minimum atomic E-state index is -4.98. The van der Waals surface area contributed by atoms with Gasteiger partial charge in [-0.05, 0) is 12.1 Å². The summed E-state index contributed by atoms with van der Waals surface area (Å²) in [6.45, 7) is 0. The molecule has 0 atom stereocenters. The van der Waals surface area contributed by atoms with Crippen molar-refractivity contribution in [3.63, 3.8) is 0 Å². The molecule has 1 rings (SSSR count). The Kier molecular flexibility index (Phi) is 5.51. The van der Waals surface area contributed by atoms with Crippen LogP contribution in [-0.4, -0.2) is 18.1 Å². The zero-order valence-electron chi connectivity index (χ0n) is 7.10. The molecule has 0 amide bonds. The molecule has 0 bridgehead atoms. The summed E-state index contributed by atoms with van der Waals surface area (Å²) in [6, 6.07) is 2.45. The topological polar surface area (TPSA) is 86.7 Å². The maximum Gasteiger partial charge on any atom is 1.00 e. The van der Waals surface area contributed by atoms with Gasteiger partial charge < -0.3 is 13.8 Å². The minimum absolute atomic E-state index is 0. The average Bonchev–Trinajstić information content (AvgIpc) is 1.93. The smallest absolute Gasteiger partial charge is 0.716 e. The summed E-state index contributed by atoms with van der Waals surface area (Å²) in [4.78, 5) is 0. The van der Waals surface area contributed by atoms with Crippen LogP contribution in [0.2, 0.25) is 0 Å². The van der Waals surface area contributed by atoms with Crippen molar-refractivity contribution in [1.29, 1.82) is 0 Å². The second-order valence-corrected chi connectivity index (χ2v) is 3.09. The van der Waals surface area contributed by atoms with Crippen molar-refractivity contribution in [2.24, 2.45) is 0 Å². The molecule has 0 aliphatic heterocycles. The molecular weight excluding hydrogens is 242 g/mol. The minimum Gasteiger partial charge on any atom is -0.716 e. The molecule has 0 aliphatic rings. The molecule has 0 saturated heterocycles. The standard InChI is InChI=1S/C6H5FO5S.K/c7-5-3-4(8)1-2-6(5)12-13(9,10)11;/h1-3,8H,(H,9,10,11);/q;+1/p-1. The number of aromatic hydroxyl groups is 1. The van der Waals surface area contributed by atoms with E-state index in [0.717, 1.165) is 12.1 Å². The van der Waals surface area contributed by atoms with Crippen LogP contribution < -0.4 is 55.6 Å². The van der Waals surface area contributed by atoms with Crippen molar-refractivity contribution in [3.05, 3.63) is 24.0 Å². The summed E-state index contributed by atoms with van der Waals surface area (Å²) in [7, 11) is -4.98. The molecule has 1 aromatic rings. The Bertz CT molecular complexity index is 418. The van der Waals surface area contributed by atoms with Crippen LogP contribution in [0, 0.1) is 5.82 Å². The first-order valence-electron chi connectivity index (χ1n) is 3.02. The van der Waals surface area contributed by atoms with Crippen LogP contribution in [0.15, 0.2) is 18.2 Å². The Morgan fingerprint density at radius 1 is 1.43 bits per heavy atom. The summed E-state index contributed by atoms with van der Waals surface area (Å²) >= 11 is 0. The fourth-order valence-corrected chi connectivity index (χ4v) is 1.02. The van der Waals surface area contributed by atoms with E-state index in [9.17, 15) is 17.4 Å². The Balaban J connectivity index is 0.00000169. The number of halogens is 1. The maximum absolute atomic E-state index is 12.7. The number of hydrogen-bond donors (Lipinski definition) is 1. The summed E-state index contributed by atoms with van der Waals surface area (Å²) < 4.78 is 46.5. The number of phenolic OH excluding ortho intramolecular Hbond substituents is 1. The molecule has 0 spiro atoms. The first kappa shape index (κ1) is 14.3. The molecule has 14 heavy (non-hydrogen) atoms. The SMILES string of the molecule is O=S(=O)([O-])Oc1ccc(O)cc1F.[K+]. The molecule has 0 radical (unpaired) electrons. The van der Waals surface area contributed by atoms with Crippen LogP contribution >= 0.6 is 0 Å². The van der Waals surface area contributed by atoms with E-state index < -0.39 is 27.7 Å². The van der Waals surface area contributed by atoms with E-state index in [1.807, 2.05) is 0 Å². The fraction of sp³-hybridized carbons (Fsp3) is 0. The first-order chi connectivity index (χ1) is 5.88. The maximum atomic E-state index is 12.7. The summed E-state index contributed by atoms with van der Waals surface area (Å²) in [5, 5.41) is 8.71. The van der Waals surface area contributed by atoms with Crippen LogP contribution in [0.4, 0.5) is 4.39 Å². The van der Waals surface area contributed by atoms with Gasteiger partial charge in [-0.3, -0.25) is 0 Å². The molecular formula is C6H4FKO5S. The molecule has 0 heterocycles. The van der Waals surface area contributed by atoms with E-state index >= 15 is 0 Å². The van der Waals surface area contributed by atoms with E-state index in [4.69, 9.17) is 5.11 Å². The average molecular weight is 246 g/mol. The normalized spacial score (nSPS) is 10.4. The molecule has 0 fully saturated rings. The molecule has 0 unspecified atom stereocenters. The van der Waals surface area contributed by atoms with Crippen LogP contribution in [-0.2, 0) is 10.4 Å². The number of hydrogen-bond acceptors (Lipinski definition) is 5. The molecule has 5 nitrogen and oxygen atoms in total. The Morgan fingerprint density at radius 2 is 2.00 bits per heavy atom. The van der Waals surface area contributed by atoms with Crippen molar-refractivity contribution in [3.8, 4) is 11.5 Å². The van der Waals surface area contributed by atoms with Crippen LogP contribution in [0.25, 0.3) is 0 Å². The van der Waals surface area contributed by atoms with Crippen LogP contribution in [0.1, 0.15) is 0 Å². The predicted octanol–water partition coefficient (Wildman–Crippen LogP) is -2.63. The van der Waals surface area contributed by atoms with E-state index in [1.165, 1.54) is 0 Å². The van der Waals surface area contributed by atoms with Gasteiger partial charge in [-0.1, -0.05) is 0 Å². The van der Waals surface area contributed by atoms with Gasteiger partial charge in [0.2, 0.25) is 0 Å². The zero-order valence-corrected chi connectivity index (χ0v) is 11.0. The van der Waals surface area contributed by atoms with Gasteiger partial charge in [-0.25, -0.2) is 12.8 Å². The summed E-state index contributed by atoms with van der Waals surface area (Å²) in [6.07, 6.45) is 0. The Morgan fingerprint density at radius 3 is 2.43 bits per heavy atom. The Labute approximate surface area is 122 Å². The van der Waals surface area contributed by atoms with Gasteiger partial charge in [0.1, 0.15) is 5.75 Å². The third-order valence-electron chi connectivity index (χ3n) is 1.11. The van der Waals surface area contributed by atoms with Crippen molar-refractivity contribution in [2.75, 3.05) is 0 Å². The van der Waals surface area contributed by atoms with Crippen molar-refractivity contribution >= 4 is 10.4 Å². The van der Waals surface area contributed by atoms with Gasteiger partial charge in [-0.15, -0.1) is 0 Å². The van der Waals surface area contributed by atoms with Gasteiger partial charge in [0.15, 0.2) is 11.6 Å². The summed E-state index contributed by atoms with van der Waals surface area (Å²) in [5.74, 6) is -2.26. The second kappa shape index (κ2) is 5.40. The molecule has 0 aromatic heterocycles. The molecule has 8 heteroatoms. The van der Waals surface area contributed by atoms with Gasteiger partial charge in [-0.2, -0.15) is 0 Å².